The van der Waals surface area contributed by atoms with Gasteiger partial charge in [-0.2, -0.15) is 0 Å². The van der Waals surface area contributed by atoms with Crippen molar-refractivity contribution < 1.29 is 4.79 Å². The maximum absolute atomic E-state index is 12.6. The van der Waals surface area contributed by atoms with Crippen LogP contribution in [-0.2, 0) is 4.79 Å². The Hall–Kier alpha value is -2.47. The summed E-state index contributed by atoms with van der Waals surface area (Å²) in [4.78, 5) is 12.6. The zero-order chi connectivity index (χ0) is 19.0. The van der Waals surface area contributed by atoms with E-state index in [4.69, 9.17) is 12.8 Å². The summed E-state index contributed by atoms with van der Waals surface area (Å²) >= 11 is 0. The number of benzene rings is 1. The van der Waals surface area contributed by atoms with E-state index in [9.17, 15) is 4.79 Å². The van der Waals surface area contributed by atoms with Gasteiger partial charge in [-0.3, -0.25) is 4.79 Å². The van der Waals surface area contributed by atoms with Gasteiger partial charge in [0.05, 0.1) is 0 Å². The molecule has 0 aliphatic heterocycles. The topological polar surface area (TPSA) is 17.1 Å². The Morgan fingerprint density at radius 3 is 2.62 bits per heavy atom. The molecule has 2 atom stereocenters. The fourth-order valence-electron chi connectivity index (χ4n) is 3.73. The lowest BCUT2D eigenvalue weighted by Gasteiger charge is -2.27. The highest BCUT2D eigenvalue weighted by atomic mass is 16.1. The third-order valence-corrected chi connectivity index (χ3v) is 5.42. The molecule has 1 saturated carbocycles. The Balaban J connectivity index is 2.34. The summed E-state index contributed by atoms with van der Waals surface area (Å²) in [5.74, 6) is 5.83. The maximum atomic E-state index is 12.6. The number of hydrogen-bond donors (Lipinski definition) is 0. The maximum Gasteiger partial charge on any atom is 0.140 e. The summed E-state index contributed by atoms with van der Waals surface area (Å²) in [5, 5.41) is 0. The Labute approximate surface area is 158 Å². The summed E-state index contributed by atoms with van der Waals surface area (Å²) < 4.78 is 0. The molecule has 1 aromatic rings. The molecule has 1 fully saturated rings. The predicted molar refractivity (Wildman–Crippen MR) is 109 cm³/mol. The number of terminal acetylenes is 2. The van der Waals surface area contributed by atoms with E-state index in [1.165, 1.54) is 5.57 Å². The second kappa shape index (κ2) is 9.29. The Kier molecular flexibility index (Phi) is 7.09. The van der Waals surface area contributed by atoms with Gasteiger partial charge in [0.1, 0.15) is 5.78 Å². The number of carbonyl (C=O) groups excluding carboxylic acids is 1. The molecule has 1 heteroatoms. The fourth-order valence-corrected chi connectivity index (χ4v) is 3.73. The summed E-state index contributed by atoms with van der Waals surface area (Å²) in [6.07, 6.45) is 17.0. The number of unbranched alkanes of at least 4 members (excludes halogenated alkanes) is 2. The van der Waals surface area contributed by atoms with Crippen LogP contribution in [0.3, 0.4) is 0 Å². The van der Waals surface area contributed by atoms with Crippen LogP contribution in [0, 0.1) is 36.0 Å². The van der Waals surface area contributed by atoms with Gasteiger partial charge < -0.3 is 0 Å². The molecule has 0 unspecified atom stereocenters. The van der Waals surface area contributed by atoms with Crippen LogP contribution in [0.1, 0.15) is 64.4 Å². The molecule has 2 rings (SSSR count). The molecule has 1 nitrogen and oxygen atoms in total. The van der Waals surface area contributed by atoms with Crippen molar-refractivity contribution in [2.75, 3.05) is 0 Å². The van der Waals surface area contributed by atoms with Crippen LogP contribution in [0.5, 0.6) is 0 Å². The van der Waals surface area contributed by atoms with E-state index < -0.39 is 5.41 Å². The highest BCUT2D eigenvalue weighted by molar-refractivity contribution is 5.89. The average molecular weight is 344 g/mol. The van der Waals surface area contributed by atoms with Crippen molar-refractivity contribution in [1.29, 1.82) is 0 Å². The van der Waals surface area contributed by atoms with Gasteiger partial charge in [0.2, 0.25) is 0 Å². The Morgan fingerprint density at radius 1 is 1.23 bits per heavy atom. The molecule has 1 aliphatic rings. The van der Waals surface area contributed by atoms with Crippen molar-refractivity contribution in [3.05, 3.63) is 47.2 Å². The molecule has 0 N–H and O–H groups in total. The summed E-state index contributed by atoms with van der Waals surface area (Å²) in [6, 6.07) is 10.2. The van der Waals surface area contributed by atoms with Crippen molar-refractivity contribution in [3.8, 4) is 24.7 Å². The van der Waals surface area contributed by atoms with Crippen LogP contribution in [0.4, 0.5) is 0 Å². The highest BCUT2D eigenvalue weighted by Gasteiger charge is 2.45. The molecule has 134 valence electrons. The monoisotopic (exact) mass is 344 g/mol. The van der Waals surface area contributed by atoms with Crippen molar-refractivity contribution >= 4 is 11.4 Å². The number of rotatable bonds is 7. The Bertz CT molecular complexity index is 778. The van der Waals surface area contributed by atoms with Crippen LogP contribution in [0.2, 0.25) is 0 Å². The van der Waals surface area contributed by atoms with Gasteiger partial charge in [-0.05, 0) is 50.2 Å². The van der Waals surface area contributed by atoms with Crippen LogP contribution < -0.4 is 0 Å². The van der Waals surface area contributed by atoms with Gasteiger partial charge in [-0.15, -0.1) is 30.4 Å². The number of ketones is 1. The van der Waals surface area contributed by atoms with Gasteiger partial charge in [0.15, 0.2) is 0 Å². The van der Waals surface area contributed by atoms with Crippen LogP contribution in [0.15, 0.2) is 41.6 Å². The lowest BCUT2D eigenvalue weighted by molar-refractivity contribution is -0.125. The van der Waals surface area contributed by atoms with E-state index in [0.717, 1.165) is 43.2 Å². The van der Waals surface area contributed by atoms with E-state index in [1.807, 2.05) is 25.1 Å². The normalized spacial score (nSPS) is 21.5. The van der Waals surface area contributed by atoms with Crippen LogP contribution >= 0.6 is 0 Å². The molecule has 0 spiro atoms. The van der Waals surface area contributed by atoms with Crippen molar-refractivity contribution in [3.63, 3.8) is 0 Å². The van der Waals surface area contributed by atoms with Crippen LogP contribution in [-0.4, -0.2) is 5.78 Å². The molecule has 0 amide bonds. The third-order valence-electron chi connectivity index (χ3n) is 5.42. The zero-order valence-corrected chi connectivity index (χ0v) is 16.0. The summed E-state index contributed by atoms with van der Waals surface area (Å²) in [6.45, 7) is 4.13. The molecule has 0 bridgehead atoms. The third kappa shape index (κ3) is 4.79. The van der Waals surface area contributed by atoms with E-state index in [1.54, 1.807) is 0 Å². The molecule has 1 aliphatic carbocycles. The van der Waals surface area contributed by atoms with Gasteiger partial charge in [-0.25, -0.2) is 0 Å². The number of Topliss-reactive ketones (excluding diaryl/α,β-unsaturated/α-hetero) is 1. The number of allylic oxidation sites excluding steroid dienone is 1. The van der Waals surface area contributed by atoms with Crippen LogP contribution in [0.25, 0.3) is 5.57 Å². The smallest absolute Gasteiger partial charge is 0.140 e. The van der Waals surface area contributed by atoms with E-state index in [-0.39, 0.29) is 11.7 Å². The zero-order valence-electron chi connectivity index (χ0n) is 16.0. The second-order valence-corrected chi connectivity index (χ2v) is 7.44. The minimum atomic E-state index is -0.489. The molecule has 0 saturated heterocycles. The molecule has 0 aromatic heterocycles. The van der Waals surface area contributed by atoms with E-state index in [0.29, 0.717) is 12.8 Å². The van der Waals surface area contributed by atoms with Gasteiger partial charge in [0.25, 0.3) is 0 Å². The lowest BCUT2D eigenvalue weighted by Crippen LogP contribution is -2.28. The molecule has 0 heterocycles. The molecular weight excluding hydrogens is 316 g/mol. The molecular formula is C25H28O. The largest absolute Gasteiger partial charge is 0.299 e. The Morgan fingerprint density at radius 2 is 1.96 bits per heavy atom. The standard InChI is InChI=1S/C25H28O/c1-5-7-8-10-13-20(3)18-22(21-14-11-9-12-15-21)19-25(4)23(6-2)16-17-24(25)26/h1-2,9,11-12,14-15,23H,7-8,10,13,16-17,19H2,3-4H3/t18?,23-,25+/m1/s1. The van der Waals surface area contributed by atoms with Crippen molar-refractivity contribution in [2.45, 2.75) is 58.8 Å². The minimum Gasteiger partial charge on any atom is -0.299 e. The van der Waals surface area contributed by atoms with Crippen molar-refractivity contribution in [2.24, 2.45) is 11.3 Å². The quantitative estimate of drug-likeness (QED) is 0.346. The molecule has 26 heavy (non-hydrogen) atoms. The summed E-state index contributed by atoms with van der Waals surface area (Å²) in [7, 11) is 0. The van der Waals surface area contributed by atoms with E-state index in [2.05, 4.69) is 36.6 Å². The minimum absolute atomic E-state index is 0.00597. The molecule has 0 radical (unpaired) electrons. The fraction of sp³-hybridized carbons (Fsp3) is 0.440. The van der Waals surface area contributed by atoms with Gasteiger partial charge in [0, 0.05) is 29.7 Å². The van der Waals surface area contributed by atoms with Gasteiger partial charge in [-0.1, -0.05) is 37.3 Å². The first-order valence-electron chi connectivity index (χ1n) is 9.45. The average Bonchev–Trinajstić information content (AvgIpc) is 2.93. The SMILES string of the molecule is C#CCCCCC(C)=C=C(C[C@]1(C)C(=O)CC[C@H]1C#C)c1ccccc1. The van der Waals surface area contributed by atoms with Crippen molar-refractivity contribution in [1.82, 2.24) is 0 Å². The number of carbonyl (C=O) groups is 1. The first-order valence-corrected chi connectivity index (χ1v) is 9.45. The lowest BCUT2D eigenvalue weighted by atomic mass is 9.73. The van der Waals surface area contributed by atoms with Gasteiger partial charge >= 0.3 is 0 Å². The molecule has 1 aromatic carbocycles. The highest BCUT2D eigenvalue weighted by Crippen LogP contribution is 2.46. The first-order chi connectivity index (χ1) is 12.5. The second-order valence-electron chi connectivity index (χ2n) is 7.44. The number of hydrogen-bond acceptors (Lipinski definition) is 1. The predicted octanol–water partition coefficient (Wildman–Crippen LogP) is 5.82. The first kappa shape index (κ1) is 19.8. The van der Waals surface area contributed by atoms with E-state index >= 15 is 0 Å². The summed E-state index contributed by atoms with van der Waals surface area (Å²) in [5.41, 5.74) is 6.50.